The molecule has 2 aromatic rings. The molecule has 0 amide bonds. The van der Waals surface area contributed by atoms with E-state index >= 15 is 0 Å². The summed E-state index contributed by atoms with van der Waals surface area (Å²) in [6, 6.07) is 6.21. The van der Waals surface area contributed by atoms with Crippen LogP contribution in [0.15, 0.2) is 34.9 Å². The summed E-state index contributed by atoms with van der Waals surface area (Å²) in [5, 5.41) is 0. The third-order valence-corrected chi connectivity index (χ3v) is 2.02. The van der Waals surface area contributed by atoms with Crippen molar-refractivity contribution in [3.8, 4) is 11.3 Å². The maximum absolute atomic E-state index is 12.9. The lowest BCUT2D eigenvalue weighted by Gasteiger charge is -1.95. The van der Waals surface area contributed by atoms with Gasteiger partial charge in [-0.1, -0.05) is 12.1 Å². The van der Waals surface area contributed by atoms with Gasteiger partial charge in [0.25, 0.3) is 0 Å². The van der Waals surface area contributed by atoms with Crippen LogP contribution in [0.4, 0.5) is 4.39 Å². The van der Waals surface area contributed by atoms with Crippen molar-refractivity contribution in [3.05, 3.63) is 42.2 Å². The second kappa shape index (κ2) is 4.23. The molecule has 0 aliphatic carbocycles. The molecule has 0 fully saturated rings. The highest BCUT2D eigenvalue weighted by Crippen LogP contribution is 2.20. The Morgan fingerprint density at radius 3 is 3.00 bits per heavy atom. The largest absolute Gasteiger partial charge is 0.441 e. The van der Waals surface area contributed by atoms with E-state index in [-0.39, 0.29) is 5.82 Å². The van der Waals surface area contributed by atoms with E-state index in [9.17, 15) is 4.39 Å². The predicted octanol–water partition coefficient (Wildman–Crippen LogP) is 1.98. The van der Waals surface area contributed by atoms with Gasteiger partial charge in [0.1, 0.15) is 5.82 Å². The molecule has 1 aromatic heterocycles. The van der Waals surface area contributed by atoms with Gasteiger partial charge in [-0.05, 0) is 12.1 Å². The molecule has 1 aromatic carbocycles. The van der Waals surface area contributed by atoms with Crippen LogP contribution in [0.5, 0.6) is 0 Å². The summed E-state index contributed by atoms with van der Waals surface area (Å²) >= 11 is 0. The summed E-state index contributed by atoms with van der Waals surface area (Å²) in [7, 11) is 0. The van der Waals surface area contributed by atoms with Crippen LogP contribution in [0.1, 0.15) is 5.89 Å². The van der Waals surface area contributed by atoms with Gasteiger partial charge in [-0.15, -0.1) is 0 Å². The monoisotopic (exact) mass is 206 g/mol. The highest BCUT2D eigenvalue weighted by Gasteiger charge is 2.05. The maximum atomic E-state index is 12.9. The Balaban J connectivity index is 2.29. The molecular formula is C11H11FN2O. The maximum Gasteiger partial charge on any atom is 0.196 e. The van der Waals surface area contributed by atoms with E-state index in [1.165, 1.54) is 12.1 Å². The van der Waals surface area contributed by atoms with Crippen LogP contribution in [0.2, 0.25) is 0 Å². The number of rotatable bonds is 3. The van der Waals surface area contributed by atoms with Crippen molar-refractivity contribution in [1.29, 1.82) is 0 Å². The number of hydrogen-bond acceptors (Lipinski definition) is 3. The minimum Gasteiger partial charge on any atom is -0.441 e. The highest BCUT2D eigenvalue weighted by atomic mass is 19.1. The first-order chi connectivity index (χ1) is 7.29. The van der Waals surface area contributed by atoms with Gasteiger partial charge >= 0.3 is 0 Å². The van der Waals surface area contributed by atoms with Gasteiger partial charge in [-0.25, -0.2) is 9.37 Å². The van der Waals surface area contributed by atoms with Crippen molar-refractivity contribution in [2.45, 2.75) is 6.42 Å². The van der Waals surface area contributed by atoms with Crippen molar-refractivity contribution in [2.24, 2.45) is 5.73 Å². The third-order valence-electron chi connectivity index (χ3n) is 2.02. The van der Waals surface area contributed by atoms with Crippen molar-refractivity contribution < 1.29 is 8.81 Å². The molecule has 0 spiro atoms. The SMILES string of the molecule is NCCc1ncc(-c2cccc(F)c2)o1. The normalized spacial score (nSPS) is 10.5. The zero-order chi connectivity index (χ0) is 10.7. The zero-order valence-corrected chi connectivity index (χ0v) is 8.11. The number of nitrogens with zero attached hydrogens (tertiary/aromatic N) is 1. The lowest BCUT2D eigenvalue weighted by Crippen LogP contribution is -2.02. The van der Waals surface area contributed by atoms with Crippen LogP contribution in [-0.4, -0.2) is 11.5 Å². The molecule has 78 valence electrons. The lowest BCUT2D eigenvalue weighted by molar-refractivity contribution is 0.507. The fraction of sp³-hybridized carbons (Fsp3) is 0.182. The number of halogens is 1. The Hall–Kier alpha value is -1.68. The first-order valence-electron chi connectivity index (χ1n) is 4.70. The third kappa shape index (κ3) is 2.22. The molecule has 3 nitrogen and oxygen atoms in total. The average molecular weight is 206 g/mol. The van der Waals surface area contributed by atoms with Gasteiger partial charge in [-0.3, -0.25) is 0 Å². The van der Waals surface area contributed by atoms with Gasteiger partial charge < -0.3 is 10.2 Å². The summed E-state index contributed by atoms with van der Waals surface area (Å²) in [5.74, 6) is 0.860. The summed E-state index contributed by atoms with van der Waals surface area (Å²) in [4.78, 5) is 4.04. The van der Waals surface area contributed by atoms with Gasteiger partial charge in [0.15, 0.2) is 11.7 Å². The summed E-state index contributed by atoms with van der Waals surface area (Å²) in [6.07, 6.45) is 2.18. The van der Waals surface area contributed by atoms with E-state index in [0.29, 0.717) is 30.2 Å². The molecule has 2 N–H and O–H groups in total. The van der Waals surface area contributed by atoms with Gasteiger partial charge in [0.2, 0.25) is 0 Å². The van der Waals surface area contributed by atoms with E-state index in [0.717, 1.165) is 0 Å². The summed E-state index contributed by atoms with van der Waals surface area (Å²) in [5.41, 5.74) is 6.06. The molecule has 1 heterocycles. The molecule has 0 aliphatic heterocycles. The lowest BCUT2D eigenvalue weighted by atomic mass is 10.2. The molecule has 2 rings (SSSR count). The fourth-order valence-corrected chi connectivity index (χ4v) is 1.32. The second-order valence-corrected chi connectivity index (χ2v) is 3.17. The molecular weight excluding hydrogens is 195 g/mol. The van der Waals surface area contributed by atoms with Crippen molar-refractivity contribution in [3.63, 3.8) is 0 Å². The number of nitrogens with two attached hydrogens (primary N) is 1. The highest BCUT2D eigenvalue weighted by molar-refractivity contribution is 5.56. The molecule has 0 saturated heterocycles. The molecule has 0 saturated carbocycles. The molecule has 0 bridgehead atoms. The van der Waals surface area contributed by atoms with Gasteiger partial charge in [0, 0.05) is 18.5 Å². The Morgan fingerprint density at radius 2 is 2.27 bits per heavy atom. The Morgan fingerprint density at radius 1 is 1.40 bits per heavy atom. The second-order valence-electron chi connectivity index (χ2n) is 3.17. The van der Waals surface area contributed by atoms with E-state index in [4.69, 9.17) is 10.2 Å². The van der Waals surface area contributed by atoms with Crippen molar-refractivity contribution in [1.82, 2.24) is 4.98 Å². The predicted molar refractivity (Wildman–Crippen MR) is 54.7 cm³/mol. The first kappa shape index (κ1) is 9.86. The number of aromatic nitrogens is 1. The van der Waals surface area contributed by atoms with E-state index < -0.39 is 0 Å². The zero-order valence-electron chi connectivity index (χ0n) is 8.11. The fourth-order valence-electron chi connectivity index (χ4n) is 1.32. The van der Waals surface area contributed by atoms with E-state index in [1.54, 1.807) is 18.3 Å². The van der Waals surface area contributed by atoms with Crippen LogP contribution in [0, 0.1) is 5.82 Å². The minimum absolute atomic E-state index is 0.288. The van der Waals surface area contributed by atoms with Crippen LogP contribution >= 0.6 is 0 Å². The van der Waals surface area contributed by atoms with Crippen LogP contribution in [0.3, 0.4) is 0 Å². The topological polar surface area (TPSA) is 52.0 Å². The van der Waals surface area contributed by atoms with Crippen LogP contribution in [-0.2, 0) is 6.42 Å². The quantitative estimate of drug-likeness (QED) is 0.835. The van der Waals surface area contributed by atoms with Gasteiger partial charge in [-0.2, -0.15) is 0 Å². The summed E-state index contributed by atoms with van der Waals surface area (Å²) in [6.45, 7) is 0.489. The average Bonchev–Trinajstić information content (AvgIpc) is 2.67. The van der Waals surface area contributed by atoms with Crippen molar-refractivity contribution >= 4 is 0 Å². The number of oxazole rings is 1. The molecule has 0 aliphatic rings. The van der Waals surface area contributed by atoms with Crippen LogP contribution in [0.25, 0.3) is 11.3 Å². The Labute approximate surface area is 86.7 Å². The smallest absolute Gasteiger partial charge is 0.196 e. The number of hydrogen-bond donors (Lipinski definition) is 1. The molecule has 4 heteroatoms. The molecule has 0 radical (unpaired) electrons. The molecule has 0 unspecified atom stereocenters. The van der Waals surface area contributed by atoms with E-state index in [1.807, 2.05) is 0 Å². The summed E-state index contributed by atoms with van der Waals surface area (Å²) < 4.78 is 18.3. The minimum atomic E-state index is -0.288. The van der Waals surface area contributed by atoms with E-state index in [2.05, 4.69) is 4.98 Å². The van der Waals surface area contributed by atoms with Crippen LogP contribution < -0.4 is 5.73 Å². The standard InChI is InChI=1S/C11H11FN2O/c12-9-3-1-2-8(6-9)10-7-14-11(15-10)4-5-13/h1-3,6-7H,4-5,13H2. The molecule has 15 heavy (non-hydrogen) atoms. The van der Waals surface area contributed by atoms with Gasteiger partial charge in [0.05, 0.1) is 6.20 Å². The number of benzene rings is 1. The Kier molecular flexibility index (Phi) is 2.78. The first-order valence-corrected chi connectivity index (χ1v) is 4.70. The molecule has 0 atom stereocenters. The van der Waals surface area contributed by atoms with Crippen molar-refractivity contribution in [2.75, 3.05) is 6.54 Å². The Bertz CT molecular complexity index is 453.